The molecule has 0 fully saturated rings. The van der Waals surface area contributed by atoms with Gasteiger partial charge in [-0.15, -0.1) is 10.1 Å². The third-order valence-electron chi connectivity index (χ3n) is 1.14. The zero-order chi connectivity index (χ0) is 10.2. The summed E-state index contributed by atoms with van der Waals surface area (Å²) in [7, 11) is 0. The molecule has 0 aliphatic carbocycles. The Morgan fingerprint density at radius 1 is 1.50 bits per heavy atom. The van der Waals surface area contributed by atoms with E-state index in [0.29, 0.717) is 0 Å². The van der Waals surface area contributed by atoms with Crippen molar-refractivity contribution in [2.24, 2.45) is 0 Å². The van der Waals surface area contributed by atoms with E-state index in [1.807, 2.05) is 13.8 Å². The summed E-state index contributed by atoms with van der Waals surface area (Å²) in [6.07, 6.45) is 3.22. The van der Waals surface area contributed by atoms with Gasteiger partial charge in [-0.25, -0.2) is 0 Å². The van der Waals surface area contributed by atoms with Crippen LogP contribution >= 0.6 is 0 Å². The highest BCUT2D eigenvalue weighted by molar-refractivity contribution is 4.63. The summed E-state index contributed by atoms with van der Waals surface area (Å²) in [4.78, 5) is 8.36. The summed E-state index contributed by atoms with van der Waals surface area (Å²) in [6, 6.07) is 0. The maximum Gasteiger partial charge on any atom is 0.291 e. The Morgan fingerprint density at radius 2 is 1.83 bits per heavy atom. The summed E-state index contributed by atoms with van der Waals surface area (Å²) in [5, 5.41) is 22.8. The van der Waals surface area contributed by atoms with Crippen LogP contribution in [-0.2, 0) is 0 Å². The number of hydrogen-bond acceptors (Lipinski definition) is 3. The van der Waals surface area contributed by atoms with Crippen LogP contribution in [0.1, 0.15) is 40.0 Å². The van der Waals surface area contributed by atoms with Gasteiger partial charge in [0, 0.05) is 0 Å². The summed E-state index contributed by atoms with van der Waals surface area (Å²) in [6.45, 7) is 5.83. The highest BCUT2D eigenvalue weighted by Gasteiger charge is 2.09. The van der Waals surface area contributed by atoms with Gasteiger partial charge in [0.05, 0.1) is 5.60 Å². The van der Waals surface area contributed by atoms with Crippen molar-refractivity contribution in [2.45, 2.75) is 45.6 Å². The molecule has 5 nitrogen and oxygen atoms in total. The Bertz CT molecular complexity index is 115. The summed E-state index contributed by atoms with van der Waals surface area (Å²) >= 11 is 0. The van der Waals surface area contributed by atoms with Gasteiger partial charge in [0.15, 0.2) is 0 Å². The SMILES string of the molecule is CCCCC(C)(C)O.O=[N+]([O-])O. The van der Waals surface area contributed by atoms with E-state index < -0.39 is 10.7 Å². The Kier molecular flexibility index (Phi) is 7.83. The Morgan fingerprint density at radius 3 is 1.92 bits per heavy atom. The van der Waals surface area contributed by atoms with Gasteiger partial charge in [-0.2, -0.15) is 0 Å². The smallest absolute Gasteiger partial charge is 0.291 e. The fraction of sp³-hybridized carbons (Fsp3) is 1.00. The molecule has 0 amide bonds. The van der Waals surface area contributed by atoms with E-state index in [1.54, 1.807) is 0 Å². The molecule has 0 aliphatic rings. The number of nitrogens with zero attached hydrogens (tertiary/aromatic N) is 1. The van der Waals surface area contributed by atoms with Crippen LogP contribution in [0.3, 0.4) is 0 Å². The minimum absolute atomic E-state index is 0.448. The van der Waals surface area contributed by atoms with Gasteiger partial charge >= 0.3 is 0 Å². The van der Waals surface area contributed by atoms with Crippen LogP contribution in [0, 0.1) is 10.1 Å². The lowest BCUT2D eigenvalue weighted by molar-refractivity contribution is -0.742. The highest BCUT2D eigenvalue weighted by Crippen LogP contribution is 2.10. The van der Waals surface area contributed by atoms with E-state index in [1.165, 1.54) is 6.42 Å². The first-order valence-corrected chi connectivity index (χ1v) is 3.85. The second kappa shape index (κ2) is 6.84. The fourth-order valence-electron chi connectivity index (χ4n) is 0.609. The lowest BCUT2D eigenvalue weighted by Gasteiger charge is -2.15. The van der Waals surface area contributed by atoms with Crippen molar-refractivity contribution < 1.29 is 15.4 Å². The molecule has 0 spiro atoms. The Balaban J connectivity index is 0. The molecule has 0 aliphatic heterocycles. The lowest BCUT2D eigenvalue weighted by atomic mass is 10.0. The zero-order valence-corrected chi connectivity index (χ0v) is 7.78. The van der Waals surface area contributed by atoms with Crippen LogP contribution in [0.15, 0.2) is 0 Å². The summed E-state index contributed by atoms with van der Waals surface area (Å²) in [5.74, 6) is 0. The first kappa shape index (κ1) is 13.7. The van der Waals surface area contributed by atoms with Crippen LogP contribution in [0.2, 0.25) is 0 Å². The van der Waals surface area contributed by atoms with Crippen molar-refractivity contribution in [3.63, 3.8) is 0 Å². The minimum Gasteiger partial charge on any atom is -0.390 e. The predicted octanol–water partition coefficient (Wildman–Crippen LogP) is 1.60. The van der Waals surface area contributed by atoms with Gasteiger partial charge in [-0.05, 0) is 20.3 Å². The topological polar surface area (TPSA) is 83.6 Å². The van der Waals surface area contributed by atoms with Crippen molar-refractivity contribution >= 4 is 0 Å². The molecular weight excluding hydrogens is 162 g/mol. The number of hydrogen-bond donors (Lipinski definition) is 2. The monoisotopic (exact) mass is 179 g/mol. The van der Waals surface area contributed by atoms with Crippen molar-refractivity contribution in [2.75, 3.05) is 0 Å². The molecule has 0 heterocycles. The maximum absolute atomic E-state index is 9.15. The molecule has 12 heavy (non-hydrogen) atoms. The van der Waals surface area contributed by atoms with E-state index in [-0.39, 0.29) is 0 Å². The Hall–Kier alpha value is -0.840. The lowest BCUT2D eigenvalue weighted by Crippen LogP contribution is -2.17. The zero-order valence-electron chi connectivity index (χ0n) is 7.78. The van der Waals surface area contributed by atoms with Crippen LogP contribution in [0.5, 0.6) is 0 Å². The van der Waals surface area contributed by atoms with Crippen molar-refractivity contribution in [3.05, 3.63) is 10.1 Å². The van der Waals surface area contributed by atoms with Crippen LogP contribution < -0.4 is 0 Å². The molecule has 0 aromatic rings. The van der Waals surface area contributed by atoms with E-state index in [9.17, 15) is 0 Å². The van der Waals surface area contributed by atoms with Crippen LogP contribution in [0.25, 0.3) is 0 Å². The molecule has 5 heteroatoms. The molecule has 0 aromatic carbocycles. The third-order valence-corrected chi connectivity index (χ3v) is 1.14. The van der Waals surface area contributed by atoms with Crippen molar-refractivity contribution in [3.8, 4) is 0 Å². The van der Waals surface area contributed by atoms with Crippen LogP contribution in [-0.4, -0.2) is 21.0 Å². The Labute approximate surface area is 72.1 Å². The van der Waals surface area contributed by atoms with Gasteiger partial charge in [0.25, 0.3) is 5.09 Å². The molecule has 0 bridgehead atoms. The van der Waals surface area contributed by atoms with Gasteiger partial charge < -0.3 is 10.3 Å². The molecule has 74 valence electrons. The van der Waals surface area contributed by atoms with E-state index in [0.717, 1.165) is 12.8 Å². The average molecular weight is 179 g/mol. The number of unbranched alkanes of at least 4 members (excludes halogenated alkanes) is 1. The van der Waals surface area contributed by atoms with Gasteiger partial charge in [0.1, 0.15) is 0 Å². The molecule has 0 atom stereocenters. The second-order valence-electron chi connectivity index (χ2n) is 3.15. The van der Waals surface area contributed by atoms with Gasteiger partial charge in [-0.3, -0.25) is 0 Å². The molecule has 2 N–H and O–H groups in total. The molecule has 0 aromatic heterocycles. The van der Waals surface area contributed by atoms with Crippen molar-refractivity contribution in [1.82, 2.24) is 0 Å². The predicted molar refractivity (Wildman–Crippen MR) is 44.6 cm³/mol. The highest BCUT2D eigenvalue weighted by atomic mass is 16.9. The molecular formula is C7H17NO4. The van der Waals surface area contributed by atoms with E-state index in [4.69, 9.17) is 20.4 Å². The first-order valence-electron chi connectivity index (χ1n) is 3.85. The van der Waals surface area contributed by atoms with Gasteiger partial charge in [0.2, 0.25) is 0 Å². The molecule has 0 unspecified atom stereocenters. The normalized spacial score (nSPS) is 10.0. The average Bonchev–Trinajstić information content (AvgIpc) is 1.80. The summed E-state index contributed by atoms with van der Waals surface area (Å²) < 4.78 is 0. The third kappa shape index (κ3) is 35.2. The molecule has 0 saturated heterocycles. The first-order chi connectivity index (χ1) is 5.29. The van der Waals surface area contributed by atoms with E-state index >= 15 is 0 Å². The molecule has 0 saturated carbocycles. The van der Waals surface area contributed by atoms with E-state index in [2.05, 4.69) is 6.92 Å². The fourth-order valence-corrected chi connectivity index (χ4v) is 0.609. The van der Waals surface area contributed by atoms with Crippen molar-refractivity contribution in [1.29, 1.82) is 0 Å². The largest absolute Gasteiger partial charge is 0.390 e. The maximum atomic E-state index is 9.15. The van der Waals surface area contributed by atoms with Crippen LogP contribution in [0.4, 0.5) is 0 Å². The number of aliphatic hydroxyl groups is 1. The standard InChI is InChI=1S/C7H16O.HNO3/c1-4-5-6-7(2,3)8;2-1(3)4/h8H,4-6H2,1-3H3;(H,2,3,4). The minimum atomic E-state index is -1.50. The van der Waals surface area contributed by atoms with Gasteiger partial charge in [-0.1, -0.05) is 19.8 Å². The quantitative estimate of drug-likeness (QED) is 0.509. The number of rotatable bonds is 3. The molecule has 0 radical (unpaired) electrons. The second-order valence-corrected chi connectivity index (χ2v) is 3.15. The molecule has 0 rings (SSSR count). The summed E-state index contributed by atoms with van der Waals surface area (Å²) in [5.41, 5.74) is -0.448.